The number of amides is 5. The zero-order valence-electron chi connectivity index (χ0n) is 35.8. The molecule has 334 valence electrons. The Labute approximate surface area is 361 Å². The van der Waals surface area contributed by atoms with Crippen molar-refractivity contribution in [1.82, 2.24) is 30.7 Å². The molecule has 5 amide bonds. The summed E-state index contributed by atoms with van der Waals surface area (Å²) < 4.78 is 36.5. The molecule has 0 radical (unpaired) electrons. The summed E-state index contributed by atoms with van der Waals surface area (Å²) in [6, 6.07) is 21.1. The number of hydrogen-bond acceptors (Lipinski definition) is 8. The SMILES string of the molecule is CC(=O)N[C@@H](CCCCNC(=O)OCc1ccccc1)C(=O)NCCNC(=O)[C@@H](N)CCN(C(=O)CO)[C@@H](c1cc(-c2cc(F)ccc2F)cn1Cc1ccccc1)C(C)(C)C. The first kappa shape index (κ1) is 48.5. The van der Waals surface area contributed by atoms with Gasteiger partial charge in [-0.15, -0.1) is 0 Å². The zero-order valence-corrected chi connectivity index (χ0v) is 35.8. The first-order chi connectivity index (χ1) is 29.6. The zero-order chi connectivity index (χ0) is 45.2. The number of nitrogens with two attached hydrogens (primary N) is 1. The van der Waals surface area contributed by atoms with Gasteiger partial charge in [-0.2, -0.15) is 0 Å². The fourth-order valence-electron chi connectivity index (χ4n) is 7.09. The molecule has 14 nitrogen and oxygen atoms in total. The van der Waals surface area contributed by atoms with Gasteiger partial charge in [0.05, 0.1) is 12.1 Å². The van der Waals surface area contributed by atoms with Crippen LogP contribution < -0.4 is 27.0 Å². The molecule has 3 atom stereocenters. The summed E-state index contributed by atoms with van der Waals surface area (Å²) in [5.74, 6) is -3.20. The number of hydrogen-bond donors (Lipinski definition) is 6. The molecular formula is C46H59F2N7O7. The highest BCUT2D eigenvalue weighted by Gasteiger charge is 2.37. The van der Waals surface area contributed by atoms with Crippen molar-refractivity contribution in [3.63, 3.8) is 0 Å². The Kier molecular flexibility index (Phi) is 18.6. The van der Waals surface area contributed by atoms with Gasteiger partial charge in [-0.3, -0.25) is 19.2 Å². The molecule has 0 fully saturated rings. The van der Waals surface area contributed by atoms with Crippen molar-refractivity contribution in [2.45, 2.75) is 84.7 Å². The molecule has 0 aliphatic carbocycles. The molecule has 0 aliphatic heterocycles. The van der Waals surface area contributed by atoms with Crippen molar-refractivity contribution >= 4 is 29.7 Å². The minimum absolute atomic E-state index is 0.00546. The average Bonchev–Trinajstić information content (AvgIpc) is 3.64. The van der Waals surface area contributed by atoms with E-state index in [0.717, 1.165) is 29.3 Å². The van der Waals surface area contributed by atoms with Crippen molar-refractivity contribution in [2.75, 3.05) is 32.8 Å². The molecule has 0 saturated heterocycles. The third-order valence-corrected chi connectivity index (χ3v) is 10.1. The number of nitrogens with zero attached hydrogens (tertiary/aromatic N) is 2. The Morgan fingerprint density at radius 3 is 2.10 bits per heavy atom. The molecule has 3 aromatic carbocycles. The molecule has 1 aromatic heterocycles. The van der Waals surface area contributed by atoms with Crippen LogP contribution in [-0.2, 0) is 37.1 Å². The summed E-state index contributed by atoms with van der Waals surface area (Å²) in [6.45, 7) is 7.06. The van der Waals surface area contributed by atoms with Crippen LogP contribution in [0.1, 0.15) is 76.2 Å². The third-order valence-electron chi connectivity index (χ3n) is 10.1. The number of aromatic nitrogens is 1. The highest BCUT2D eigenvalue weighted by atomic mass is 19.1. The molecule has 0 unspecified atom stereocenters. The summed E-state index contributed by atoms with van der Waals surface area (Å²) in [5, 5.41) is 20.8. The second-order valence-corrected chi connectivity index (χ2v) is 16.1. The third kappa shape index (κ3) is 15.1. The Morgan fingerprint density at radius 2 is 1.47 bits per heavy atom. The first-order valence-corrected chi connectivity index (χ1v) is 20.7. The summed E-state index contributed by atoms with van der Waals surface area (Å²) in [4.78, 5) is 64.9. The van der Waals surface area contributed by atoms with Crippen molar-refractivity contribution in [3.8, 4) is 11.1 Å². The Bertz CT molecular complexity index is 2090. The molecule has 1 heterocycles. The van der Waals surface area contributed by atoms with E-state index in [9.17, 15) is 33.5 Å². The van der Waals surface area contributed by atoms with Gasteiger partial charge in [0.15, 0.2) is 0 Å². The largest absolute Gasteiger partial charge is 0.445 e. The number of halogens is 2. The van der Waals surface area contributed by atoms with Crippen molar-refractivity contribution < 1.29 is 42.6 Å². The molecule has 4 aromatic rings. The minimum atomic E-state index is -1.08. The maximum absolute atomic E-state index is 15.1. The minimum Gasteiger partial charge on any atom is -0.445 e. The van der Waals surface area contributed by atoms with Crippen molar-refractivity contribution in [1.29, 1.82) is 0 Å². The van der Waals surface area contributed by atoms with Gasteiger partial charge in [0.1, 0.15) is 30.9 Å². The van der Waals surface area contributed by atoms with Gasteiger partial charge in [-0.05, 0) is 66.5 Å². The molecule has 16 heteroatoms. The van der Waals surface area contributed by atoms with Gasteiger partial charge >= 0.3 is 6.09 Å². The van der Waals surface area contributed by atoms with Crippen LogP contribution in [-0.4, -0.2) is 89.2 Å². The van der Waals surface area contributed by atoms with Crippen LogP contribution in [0.3, 0.4) is 0 Å². The average molecular weight is 860 g/mol. The van der Waals surface area contributed by atoms with E-state index >= 15 is 4.39 Å². The van der Waals surface area contributed by atoms with E-state index in [1.165, 1.54) is 11.8 Å². The van der Waals surface area contributed by atoms with E-state index in [1.807, 2.05) is 86.0 Å². The fraction of sp³-hybridized carbons (Fsp3) is 0.413. The Balaban J connectivity index is 1.34. The lowest BCUT2D eigenvalue weighted by molar-refractivity contribution is -0.140. The van der Waals surface area contributed by atoms with Crippen LogP contribution >= 0.6 is 0 Å². The van der Waals surface area contributed by atoms with E-state index in [1.54, 1.807) is 12.3 Å². The Hall–Kier alpha value is -6.13. The smallest absolute Gasteiger partial charge is 0.407 e. The monoisotopic (exact) mass is 859 g/mol. The van der Waals surface area contributed by atoms with Crippen LogP contribution in [0, 0.1) is 17.0 Å². The second kappa shape index (κ2) is 23.8. The molecule has 62 heavy (non-hydrogen) atoms. The molecule has 0 spiro atoms. The van der Waals surface area contributed by atoms with Crippen LogP contribution in [0.5, 0.6) is 0 Å². The number of rotatable bonds is 22. The van der Waals surface area contributed by atoms with Gasteiger partial charge in [-0.25, -0.2) is 13.6 Å². The Morgan fingerprint density at radius 1 is 0.823 bits per heavy atom. The van der Waals surface area contributed by atoms with E-state index in [0.29, 0.717) is 43.6 Å². The molecule has 0 saturated carbocycles. The topological polar surface area (TPSA) is 197 Å². The second-order valence-electron chi connectivity index (χ2n) is 16.1. The van der Waals surface area contributed by atoms with E-state index in [4.69, 9.17) is 10.5 Å². The normalized spacial score (nSPS) is 12.7. The summed E-state index contributed by atoms with van der Waals surface area (Å²) in [6.07, 6.45) is 2.52. The van der Waals surface area contributed by atoms with Gasteiger partial charge in [0.2, 0.25) is 23.6 Å². The molecule has 7 N–H and O–H groups in total. The van der Waals surface area contributed by atoms with E-state index in [2.05, 4.69) is 21.3 Å². The van der Waals surface area contributed by atoms with Gasteiger partial charge in [-0.1, -0.05) is 81.4 Å². The van der Waals surface area contributed by atoms with Crippen LogP contribution in [0.25, 0.3) is 11.1 Å². The molecule has 0 aliphatic rings. The predicted octanol–water partition coefficient (Wildman–Crippen LogP) is 4.94. The summed E-state index contributed by atoms with van der Waals surface area (Å²) in [5.41, 5.74) is 8.49. The predicted molar refractivity (Wildman–Crippen MR) is 231 cm³/mol. The molecular weight excluding hydrogens is 801 g/mol. The number of carbonyl (C=O) groups excluding carboxylic acids is 5. The van der Waals surface area contributed by atoms with Gasteiger partial charge < -0.3 is 46.3 Å². The summed E-state index contributed by atoms with van der Waals surface area (Å²) >= 11 is 0. The van der Waals surface area contributed by atoms with Crippen LogP contribution in [0.2, 0.25) is 0 Å². The maximum Gasteiger partial charge on any atom is 0.407 e. The standard InChI is InChI=1S/C46H59F2N7O7/c1-31(57)53-39(17-11-12-21-52-45(61)62-30-33-15-9-6-10-16-33)44(60)51-23-22-50-43(59)38(49)20-24-55(41(58)29-56)42(46(2,3)4)40-25-34(36-26-35(47)18-19-37(36)48)28-54(40)27-32-13-7-5-8-14-32/h5-10,13-16,18-19,25-26,28,38-39,42,56H,11-12,17,20-24,27,29-30,49H2,1-4H3,(H,50,59)(H,51,60)(H,52,61)(H,53,57)/t38-,39-,42-/m0/s1. The first-order valence-electron chi connectivity index (χ1n) is 20.7. The number of aliphatic hydroxyl groups is 1. The number of benzene rings is 3. The van der Waals surface area contributed by atoms with Crippen molar-refractivity contribution in [2.24, 2.45) is 11.1 Å². The lowest BCUT2D eigenvalue weighted by Crippen LogP contribution is -2.49. The van der Waals surface area contributed by atoms with E-state index < -0.39 is 65.6 Å². The molecule has 4 rings (SSSR count). The highest BCUT2D eigenvalue weighted by Crippen LogP contribution is 2.41. The highest BCUT2D eigenvalue weighted by molar-refractivity contribution is 5.87. The molecule has 0 bridgehead atoms. The summed E-state index contributed by atoms with van der Waals surface area (Å²) in [7, 11) is 0. The number of nitrogens with one attached hydrogen (secondary N) is 4. The quantitative estimate of drug-likeness (QED) is 0.0598. The number of alkyl carbamates (subject to hydrolysis) is 1. The number of aliphatic hydroxyl groups excluding tert-OH is 1. The van der Waals surface area contributed by atoms with Gasteiger partial charge in [0.25, 0.3) is 0 Å². The number of carbonyl (C=O) groups is 5. The van der Waals surface area contributed by atoms with Crippen molar-refractivity contribution in [3.05, 3.63) is 120 Å². The fourth-order valence-corrected chi connectivity index (χ4v) is 7.09. The maximum atomic E-state index is 15.1. The van der Waals surface area contributed by atoms with Gasteiger partial charge in [0, 0.05) is 62.7 Å². The van der Waals surface area contributed by atoms with Crippen LogP contribution in [0.15, 0.2) is 91.1 Å². The van der Waals surface area contributed by atoms with E-state index in [-0.39, 0.29) is 44.1 Å². The van der Waals surface area contributed by atoms with Crippen LogP contribution in [0.4, 0.5) is 13.6 Å². The lowest BCUT2D eigenvalue weighted by Gasteiger charge is -2.41. The number of unbranched alkanes of at least 4 members (excludes halogenated alkanes) is 1. The lowest BCUT2D eigenvalue weighted by atomic mass is 9.82. The number of ether oxygens (including phenoxy) is 1.